The summed E-state index contributed by atoms with van der Waals surface area (Å²) in [6.07, 6.45) is 0.187. The molecule has 6 nitrogen and oxygen atoms in total. The summed E-state index contributed by atoms with van der Waals surface area (Å²) < 4.78 is 11.8. The fraction of sp³-hybridized carbons (Fsp3) is 0.222. The molecule has 25 heavy (non-hydrogen) atoms. The first kappa shape index (κ1) is 17.3. The average molecular weight is 361 g/mol. The van der Waals surface area contributed by atoms with Crippen LogP contribution in [0.5, 0.6) is 5.75 Å². The monoisotopic (exact) mass is 360 g/mol. The Morgan fingerprint density at radius 2 is 2.00 bits per heavy atom. The van der Waals surface area contributed by atoms with Gasteiger partial charge in [0, 0.05) is 10.6 Å². The highest BCUT2D eigenvalue weighted by atomic mass is 35.5. The maximum Gasteiger partial charge on any atom is 0.341 e. The predicted molar refractivity (Wildman–Crippen MR) is 93.8 cm³/mol. The molecule has 130 valence electrons. The molecule has 0 amide bonds. The van der Waals surface area contributed by atoms with Crippen LogP contribution in [0, 0.1) is 0 Å². The highest BCUT2D eigenvalue weighted by Gasteiger charge is 2.27. The van der Waals surface area contributed by atoms with Crippen LogP contribution in [0.4, 0.5) is 0 Å². The Bertz CT molecular complexity index is 905. The number of aliphatic hydroxyl groups excluding tert-OH is 1. The minimum absolute atomic E-state index is 0.173. The molecule has 0 fully saturated rings. The number of esters is 1. The van der Waals surface area contributed by atoms with Crippen LogP contribution in [-0.2, 0) is 9.53 Å². The summed E-state index contributed by atoms with van der Waals surface area (Å²) in [5.74, 6) is -0.160. The highest BCUT2D eigenvalue weighted by Crippen LogP contribution is 2.31. The second-order valence-corrected chi connectivity index (χ2v) is 5.74. The number of aliphatic hydroxyl groups is 1. The highest BCUT2D eigenvalue weighted by molar-refractivity contribution is 6.30. The number of hydrogen-bond acceptors (Lipinski definition) is 5. The normalized spacial score (nSPS) is 12.2. The van der Waals surface area contributed by atoms with Gasteiger partial charge in [-0.25, -0.2) is 9.78 Å². The zero-order chi connectivity index (χ0) is 18.0. The van der Waals surface area contributed by atoms with E-state index in [2.05, 4.69) is 4.98 Å². The minimum Gasteiger partial charge on any atom is -0.495 e. The van der Waals surface area contributed by atoms with Gasteiger partial charge < -0.3 is 14.6 Å². The number of rotatable bonds is 5. The number of benzene rings is 1. The average Bonchev–Trinajstić information content (AvgIpc) is 3.00. The number of pyridine rings is 1. The number of hydrogen-bond donors (Lipinski definition) is 1. The second kappa shape index (κ2) is 7.13. The topological polar surface area (TPSA) is 73.1 Å². The van der Waals surface area contributed by atoms with E-state index in [0.717, 1.165) is 5.56 Å². The molecule has 0 aliphatic rings. The summed E-state index contributed by atoms with van der Waals surface area (Å²) in [6, 6.07) is 10.5. The first-order valence-electron chi connectivity index (χ1n) is 7.71. The molecule has 2 heterocycles. The van der Waals surface area contributed by atoms with Crippen LogP contribution in [0.15, 0.2) is 42.6 Å². The van der Waals surface area contributed by atoms with E-state index in [4.69, 9.17) is 21.1 Å². The van der Waals surface area contributed by atoms with Crippen molar-refractivity contribution in [2.24, 2.45) is 0 Å². The van der Waals surface area contributed by atoms with Crippen LogP contribution in [-0.4, -0.2) is 34.2 Å². The van der Waals surface area contributed by atoms with E-state index in [1.165, 1.54) is 0 Å². The smallest absolute Gasteiger partial charge is 0.341 e. The summed E-state index contributed by atoms with van der Waals surface area (Å²) in [5.41, 5.74) is 2.09. The van der Waals surface area contributed by atoms with Crippen LogP contribution in [0.2, 0.25) is 5.02 Å². The largest absolute Gasteiger partial charge is 0.495 e. The van der Waals surface area contributed by atoms with Gasteiger partial charge in [-0.15, -0.1) is 0 Å². The van der Waals surface area contributed by atoms with Crippen molar-refractivity contribution in [3.8, 4) is 17.0 Å². The van der Waals surface area contributed by atoms with Crippen molar-refractivity contribution in [2.75, 3.05) is 13.7 Å². The second-order valence-electron chi connectivity index (χ2n) is 5.30. The summed E-state index contributed by atoms with van der Waals surface area (Å²) >= 11 is 5.95. The lowest BCUT2D eigenvalue weighted by Crippen LogP contribution is -2.17. The number of aromatic nitrogens is 2. The van der Waals surface area contributed by atoms with Crippen molar-refractivity contribution in [1.82, 2.24) is 9.38 Å². The Morgan fingerprint density at radius 3 is 2.64 bits per heavy atom. The van der Waals surface area contributed by atoms with Gasteiger partial charge in [-0.2, -0.15) is 0 Å². The fourth-order valence-electron chi connectivity index (χ4n) is 2.58. The van der Waals surface area contributed by atoms with E-state index in [1.807, 2.05) is 0 Å². The lowest BCUT2D eigenvalue weighted by Gasteiger charge is -2.12. The summed E-state index contributed by atoms with van der Waals surface area (Å²) in [6.45, 7) is 1.86. The van der Waals surface area contributed by atoms with Gasteiger partial charge in [0.15, 0.2) is 6.10 Å². The van der Waals surface area contributed by atoms with E-state index >= 15 is 0 Å². The zero-order valence-corrected chi connectivity index (χ0v) is 14.5. The van der Waals surface area contributed by atoms with E-state index in [9.17, 15) is 9.90 Å². The van der Waals surface area contributed by atoms with Crippen molar-refractivity contribution in [2.45, 2.75) is 13.0 Å². The zero-order valence-electron chi connectivity index (χ0n) is 13.8. The maximum atomic E-state index is 12.1. The van der Waals surface area contributed by atoms with E-state index in [0.29, 0.717) is 27.8 Å². The molecule has 0 spiro atoms. The van der Waals surface area contributed by atoms with Crippen molar-refractivity contribution in [3.05, 3.63) is 53.3 Å². The molecule has 0 saturated heterocycles. The SMILES string of the molecule is CCOC(=O)C(O)c1c(-c2ccc(Cl)cc2)nc2ccc(OC)cn12. The van der Waals surface area contributed by atoms with Gasteiger partial charge in [-0.1, -0.05) is 23.7 Å². The lowest BCUT2D eigenvalue weighted by molar-refractivity contribution is -0.153. The minimum atomic E-state index is -1.48. The van der Waals surface area contributed by atoms with Crippen LogP contribution in [0.3, 0.4) is 0 Å². The van der Waals surface area contributed by atoms with Gasteiger partial charge in [0.25, 0.3) is 0 Å². The molecule has 7 heteroatoms. The van der Waals surface area contributed by atoms with Gasteiger partial charge >= 0.3 is 5.97 Å². The quantitative estimate of drug-likeness (QED) is 0.707. The van der Waals surface area contributed by atoms with Gasteiger partial charge in [0.05, 0.1) is 31.3 Å². The molecule has 1 N–H and O–H groups in total. The third-order valence-electron chi connectivity index (χ3n) is 3.75. The van der Waals surface area contributed by atoms with Gasteiger partial charge in [-0.3, -0.25) is 4.40 Å². The Kier molecular flexibility index (Phi) is 4.92. The number of imidazole rings is 1. The number of methoxy groups -OCH3 is 1. The Hall–Kier alpha value is -2.57. The van der Waals surface area contributed by atoms with Crippen LogP contribution in [0.25, 0.3) is 16.9 Å². The molecule has 2 aromatic heterocycles. The molecule has 1 aromatic carbocycles. The van der Waals surface area contributed by atoms with Gasteiger partial charge in [0.2, 0.25) is 0 Å². The molecule has 0 bridgehead atoms. The van der Waals surface area contributed by atoms with Crippen LogP contribution in [0.1, 0.15) is 18.7 Å². The van der Waals surface area contributed by atoms with Crippen LogP contribution >= 0.6 is 11.6 Å². The summed E-state index contributed by atoms with van der Waals surface area (Å²) in [7, 11) is 1.54. The number of halogens is 1. The van der Waals surface area contributed by atoms with Gasteiger partial charge in [-0.05, 0) is 31.2 Å². The number of nitrogens with zero attached hydrogens (tertiary/aromatic N) is 2. The summed E-state index contributed by atoms with van der Waals surface area (Å²) in [5, 5.41) is 11.2. The molecule has 3 aromatic rings. The number of carbonyl (C=O) groups is 1. The fourth-order valence-corrected chi connectivity index (χ4v) is 2.70. The molecule has 0 radical (unpaired) electrons. The molecule has 1 unspecified atom stereocenters. The van der Waals surface area contributed by atoms with E-state index in [1.54, 1.807) is 61.0 Å². The number of ether oxygens (including phenoxy) is 2. The lowest BCUT2D eigenvalue weighted by atomic mass is 10.1. The first-order chi connectivity index (χ1) is 12.0. The number of carbonyl (C=O) groups excluding carboxylic acids is 1. The van der Waals surface area contributed by atoms with E-state index in [-0.39, 0.29) is 6.61 Å². The third-order valence-corrected chi connectivity index (χ3v) is 4.00. The predicted octanol–water partition coefficient (Wildman–Crippen LogP) is 3.26. The van der Waals surface area contributed by atoms with Crippen molar-refractivity contribution < 1.29 is 19.4 Å². The first-order valence-corrected chi connectivity index (χ1v) is 8.09. The van der Waals surface area contributed by atoms with E-state index < -0.39 is 12.1 Å². The Balaban J connectivity index is 2.22. The Morgan fingerprint density at radius 1 is 1.28 bits per heavy atom. The van der Waals surface area contributed by atoms with Gasteiger partial charge in [0.1, 0.15) is 11.4 Å². The molecular weight excluding hydrogens is 344 g/mol. The number of fused-ring (bicyclic) bond motifs is 1. The summed E-state index contributed by atoms with van der Waals surface area (Å²) in [4.78, 5) is 16.7. The molecule has 0 saturated carbocycles. The standard InChI is InChI=1S/C18H17ClN2O4/c1-3-25-18(23)17(22)16-15(11-4-6-12(19)7-5-11)20-14-9-8-13(24-2)10-21(14)16/h4-10,17,22H,3H2,1-2H3. The third kappa shape index (κ3) is 3.31. The molecule has 1 atom stereocenters. The Labute approximate surface area is 149 Å². The molecular formula is C18H17ClN2O4. The molecule has 3 rings (SSSR count). The van der Waals surface area contributed by atoms with Crippen molar-refractivity contribution in [1.29, 1.82) is 0 Å². The van der Waals surface area contributed by atoms with Crippen molar-refractivity contribution >= 4 is 23.2 Å². The molecule has 0 aliphatic heterocycles. The van der Waals surface area contributed by atoms with Crippen LogP contribution < -0.4 is 4.74 Å². The molecule has 0 aliphatic carbocycles. The van der Waals surface area contributed by atoms with Crippen molar-refractivity contribution in [3.63, 3.8) is 0 Å². The maximum absolute atomic E-state index is 12.1.